The molecule has 0 bridgehead atoms. The molecule has 9 nitrogen and oxygen atoms in total. The number of aryl methyl sites for hydroxylation is 1. The number of ether oxygens (including phenoxy) is 1. The van der Waals surface area contributed by atoms with Crippen molar-refractivity contribution in [1.82, 2.24) is 18.8 Å². The highest BCUT2D eigenvalue weighted by molar-refractivity contribution is 7.89. The molecule has 0 saturated carbocycles. The molecule has 0 aliphatic carbocycles. The van der Waals surface area contributed by atoms with E-state index in [1.807, 2.05) is 12.1 Å². The molecule has 1 amide bonds. The Morgan fingerprint density at radius 2 is 1.88 bits per heavy atom. The smallest absolute Gasteiger partial charge is 0.273 e. The van der Waals surface area contributed by atoms with Crippen molar-refractivity contribution in [2.45, 2.75) is 30.8 Å². The molecule has 4 rings (SSSR count). The van der Waals surface area contributed by atoms with E-state index in [9.17, 15) is 13.2 Å². The Hall–Kier alpha value is -3.24. The fourth-order valence-electron chi connectivity index (χ4n) is 3.57. The third kappa shape index (κ3) is 4.81. The number of rotatable bonds is 7. The van der Waals surface area contributed by atoms with Crippen LogP contribution in [0.4, 0.5) is 5.82 Å². The maximum Gasteiger partial charge on any atom is 0.273 e. The van der Waals surface area contributed by atoms with Gasteiger partial charge in [0, 0.05) is 44.9 Å². The molecule has 1 fully saturated rings. The molecule has 3 aromatic heterocycles. The van der Waals surface area contributed by atoms with Gasteiger partial charge < -0.3 is 14.6 Å². The van der Waals surface area contributed by atoms with Crippen molar-refractivity contribution in [3.8, 4) is 5.75 Å². The molecule has 1 aliphatic rings. The summed E-state index contributed by atoms with van der Waals surface area (Å²) in [4.78, 5) is 21.2. The van der Waals surface area contributed by atoms with E-state index in [1.54, 1.807) is 37.8 Å². The van der Waals surface area contributed by atoms with Crippen LogP contribution in [0.2, 0.25) is 0 Å². The van der Waals surface area contributed by atoms with Crippen LogP contribution in [-0.2, 0) is 23.7 Å². The summed E-state index contributed by atoms with van der Waals surface area (Å²) in [5.41, 5.74) is 1.14. The van der Waals surface area contributed by atoms with Crippen molar-refractivity contribution in [3.63, 3.8) is 0 Å². The number of nitrogens with zero attached hydrogens (tertiary/aromatic N) is 4. The number of piperidine rings is 1. The van der Waals surface area contributed by atoms with E-state index >= 15 is 0 Å². The molecular weight excluding hydrogens is 430 g/mol. The molecule has 1 N–H and O–H groups in total. The number of hydrogen-bond donors (Lipinski definition) is 1. The van der Waals surface area contributed by atoms with Crippen LogP contribution in [0.15, 0.2) is 60.0 Å². The zero-order valence-corrected chi connectivity index (χ0v) is 18.6. The second-order valence-corrected chi connectivity index (χ2v) is 9.52. The molecule has 0 unspecified atom stereocenters. The van der Waals surface area contributed by atoms with Gasteiger partial charge in [-0.15, -0.1) is 0 Å². The molecular formula is C22H25N5O4S. The van der Waals surface area contributed by atoms with Crippen LogP contribution in [0.5, 0.6) is 5.75 Å². The van der Waals surface area contributed by atoms with Gasteiger partial charge in [0.1, 0.15) is 17.2 Å². The molecule has 0 aromatic carbocycles. The number of carbonyl (C=O) groups is 1. The van der Waals surface area contributed by atoms with Gasteiger partial charge in [-0.3, -0.25) is 9.78 Å². The predicted molar refractivity (Wildman–Crippen MR) is 119 cm³/mol. The number of nitrogens with one attached hydrogen (secondary N) is 1. The molecule has 1 saturated heterocycles. The molecule has 0 atom stereocenters. The molecule has 1 aliphatic heterocycles. The molecule has 4 heterocycles. The molecule has 10 heteroatoms. The maximum absolute atomic E-state index is 13.0. The lowest BCUT2D eigenvalue weighted by atomic mass is 10.2. The van der Waals surface area contributed by atoms with Gasteiger partial charge in [-0.2, -0.15) is 4.31 Å². The third-order valence-corrected chi connectivity index (χ3v) is 7.18. The average Bonchev–Trinajstić information content (AvgIpc) is 3.22. The topological polar surface area (TPSA) is 106 Å². The first-order chi connectivity index (χ1) is 15.4. The molecule has 168 valence electrons. The average molecular weight is 456 g/mol. The summed E-state index contributed by atoms with van der Waals surface area (Å²) in [6, 6.07) is 8.50. The normalized spacial score (nSPS) is 14.8. The SMILES string of the molecule is Cn1cc(S(=O)(=O)N2CCCCC2)cc1C(=O)Nc1ncccc1OCc1ccncc1. The standard InChI is InChI=1S/C22H25N5O4S/c1-26-15-18(32(29,30)27-12-3-2-4-13-27)14-19(26)22(28)25-21-20(6-5-9-24-21)31-16-17-7-10-23-11-8-17/h5-11,14-15H,2-4,12-13,16H2,1H3,(H,24,25,28). The second kappa shape index (κ2) is 9.49. The van der Waals surface area contributed by atoms with Crippen molar-refractivity contribution in [2.75, 3.05) is 18.4 Å². The van der Waals surface area contributed by atoms with Gasteiger partial charge in [-0.1, -0.05) is 6.42 Å². The van der Waals surface area contributed by atoms with E-state index in [-0.39, 0.29) is 16.4 Å². The van der Waals surface area contributed by atoms with Crippen LogP contribution >= 0.6 is 0 Å². The van der Waals surface area contributed by atoms with Crippen LogP contribution in [0.25, 0.3) is 0 Å². The minimum absolute atomic E-state index is 0.113. The van der Waals surface area contributed by atoms with Gasteiger partial charge in [-0.25, -0.2) is 13.4 Å². The van der Waals surface area contributed by atoms with E-state index in [4.69, 9.17) is 4.74 Å². The molecule has 0 radical (unpaired) electrons. The largest absolute Gasteiger partial charge is 0.485 e. The van der Waals surface area contributed by atoms with Gasteiger partial charge >= 0.3 is 0 Å². The highest BCUT2D eigenvalue weighted by atomic mass is 32.2. The Balaban J connectivity index is 1.50. The number of amides is 1. The lowest BCUT2D eigenvalue weighted by Crippen LogP contribution is -2.35. The van der Waals surface area contributed by atoms with E-state index in [2.05, 4.69) is 15.3 Å². The Kier molecular flexibility index (Phi) is 6.52. The van der Waals surface area contributed by atoms with E-state index in [1.165, 1.54) is 21.1 Å². The fraction of sp³-hybridized carbons (Fsp3) is 0.318. The molecule has 0 spiro atoms. The number of sulfonamides is 1. The molecule has 32 heavy (non-hydrogen) atoms. The number of pyridine rings is 2. The highest BCUT2D eigenvalue weighted by Gasteiger charge is 2.28. The summed E-state index contributed by atoms with van der Waals surface area (Å²) < 4.78 is 34.7. The van der Waals surface area contributed by atoms with Crippen LogP contribution in [-0.4, -0.2) is 46.3 Å². The Morgan fingerprint density at radius 3 is 2.62 bits per heavy atom. The second-order valence-electron chi connectivity index (χ2n) is 7.59. The highest BCUT2D eigenvalue weighted by Crippen LogP contribution is 2.25. The Morgan fingerprint density at radius 1 is 1.12 bits per heavy atom. The first-order valence-corrected chi connectivity index (χ1v) is 11.8. The van der Waals surface area contributed by atoms with Gasteiger partial charge in [0.05, 0.1) is 0 Å². The van der Waals surface area contributed by atoms with E-state index in [0.717, 1.165) is 24.8 Å². The van der Waals surface area contributed by atoms with Crippen LogP contribution in [0, 0.1) is 0 Å². The van der Waals surface area contributed by atoms with Crippen LogP contribution < -0.4 is 10.1 Å². The summed E-state index contributed by atoms with van der Waals surface area (Å²) in [7, 11) is -1.99. The third-order valence-electron chi connectivity index (χ3n) is 5.31. The fourth-order valence-corrected chi connectivity index (χ4v) is 5.16. The van der Waals surface area contributed by atoms with Crippen molar-refractivity contribution in [1.29, 1.82) is 0 Å². The Bertz CT molecular complexity index is 1190. The summed E-state index contributed by atoms with van der Waals surface area (Å²) in [6.45, 7) is 1.30. The van der Waals surface area contributed by atoms with Gasteiger partial charge in [-0.05, 0) is 48.7 Å². The van der Waals surface area contributed by atoms with Crippen molar-refractivity contribution in [3.05, 3.63) is 66.4 Å². The van der Waals surface area contributed by atoms with Gasteiger partial charge in [0.2, 0.25) is 10.0 Å². The van der Waals surface area contributed by atoms with Crippen molar-refractivity contribution in [2.24, 2.45) is 7.05 Å². The lowest BCUT2D eigenvalue weighted by molar-refractivity contribution is 0.101. The summed E-state index contributed by atoms with van der Waals surface area (Å²) in [6.07, 6.45) is 9.10. The zero-order chi connectivity index (χ0) is 22.6. The van der Waals surface area contributed by atoms with Crippen molar-refractivity contribution >= 4 is 21.7 Å². The number of anilines is 1. The van der Waals surface area contributed by atoms with Crippen LogP contribution in [0.1, 0.15) is 35.3 Å². The predicted octanol–water partition coefficient (Wildman–Crippen LogP) is 2.82. The summed E-state index contributed by atoms with van der Waals surface area (Å²) >= 11 is 0. The Labute approximate surface area is 187 Å². The van der Waals surface area contributed by atoms with E-state index in [0.29, 0.717) is 25.4 Å². The zero-order valence-electron chi connectivity index (χ0n) is 17.8. The van der Waals surface area contributed by atoms with Gasteiger partial charge in [0.15, 0.2) is 11.6 Å². The summed E-state index contributed by atoms with van der Waals surface area (Å²) in [5.74, 6) is 0.196. The first kappa shape index (κ1) is 22.0. The van der Waals surface area contributed by atoms with Crippen LogP contribution in [0.3, 0.4) is 0 Å². The minimum Gasteiger partial charge on any atom is -0.485 e. The van der Waals surface area contributed by atoms with Gasteiger partial charge in [0.25, 0.3) is 5.91 Å². The monoisotopic (exact) mass is 455 g/mol. The minimum atomic E-state index is -3.63. The van der Waals surface area contributed by atoms with E-state index < -0.39 is 15.9 Å². The number of aromatic nitrogens is 3. The lowest BCUT2D eigenvalue weighted by Gasteiger charge is -2.25. The quantitative estimate of drug-likeness (QED) is 0.587. The number of carbonyl (C=O) groups excluding carboxylic acids is 1. The first-order valence-electron chi connectivity index (χ1n) is 10.4. The summed E-state index contributed by atoms with van der Waals surface area (Å²) in [5, 5.41) is 2.73. The number of hydrogen-bond acceptors (Lipinski definition) is 6. The van der Waals surface area contributed by atoms with Crippen molar-refractivity contribution < 1.29 is 17.9 Å². The molecule has 3 aromatic rings. The maximum atomic E-state index is 13.0.